The Morgan fingerprint density at radius 3 is 2.47 bits per heavy atom. The summed E-state index contributed by atoms with van der Waals surface area (Å²) in [5.74, 6) is 0.479. The first-order valence-corrected chi connectivity index (χ1v) is 11.2. The zero-order valence-corrected chi connectivity index (χ0v) is 18.5. The molecule has 3 heterocycles. The molecule has 0 radical (unpaired) electrons. The largest absolute Gasteiger partial charge is 0.347 e. The van der Waals surface area contributed by atoms with Gasteiger partial charge in [0.15, 0.2) is 0 Å². The molecule has 0 N–H and O–H groups in total. The average molecular weight is 479 g/mol. The number of hydrogen-bond acceptors (Lipinski definition) is 6. The van der Waals surface area contributed by atoms with Crippen LogP contribution in [0.1, 0.15) is 18.2 Å². The first-order chi connectivity index (χ1) is 15.0. The fourth-order valence-electron chi connectivity index (χ4n) is 3.05. The number of pyridine rings is 1. The second-order valence-corrected chi connectivity index (χ2v) is 9.83. The van der Waals surface area contributed by atoms with Crippen molar-refractivity contribution >= 4 is 21.4 Å². The van der Waals surface area contributed by atoms with E-state index in [9.17, 15) is 17.2 Å². The van der Waals surface area contributed by atoms with Crippen LogP contribution in [-0.2, 0) is 16.4 Å². The Kier molecular flexibility index (Phi) is 5.59. The van der Waals surface area contributed by atoms with E-state index in [1.807, 2.05) is 29.8 Å². The van der Waals surface area contributed by atoms with Crippen LogP contribution in [0.2, 0.25) is 5.15 Å². The van der Waals surface area contributed by atoms with Crippen LogP contribution in [0.4, 0.5) is 8.78 Å². The van der Waals surface area contributed by atoms with E-state index in [2.05, 4.69) is 15.1 Å². The number of aryl methyl sites for hydroxylation is 1. The van der Waals surface area contributed by atoms with Crippen LogP contribution in [0.3, 0.4) is 0 Å². The van der Waals surface area contributed by atoms with Crippen molar-refractivity contribution in [1.29, 1.82) is 0 Å². The van der Waals surface area contributed by atoms with Gasteiger partial charge in [-0.3, -0.25) is 0 Å². The molecule has 0 aliphatic carbocycles. The lowest BCUT2D eigenvalue weighted by atomic mass is 10.2. The van der Waals surface area contributed by atoms with Gasteiger partial charge in [-0.1, -0.05) is 22.8 Å². The molecule has 0 saturated carbocycles. The molecule has 0 amide bonds. The van der Waals surface area contributed by atoms with Gasteiger partial charge in [-0.15, -0.1) is 0 Å². The van der Waals surface area contributed by atoms with Gasteiger partial charge in [-0.2, -0.15) is 13.8 Å². The maximum Gasteiger partial charge on any atom is 0.347 e. The van der Waals surface area contributed by atoms with Gasteiger partial charge in [0.05, 0.1) is 10.5 Å². The highest BCUT2D eigenvalue weighted by Gasteiger charge is 2.40. The first kappa shape index (κ1) is 22.1. The van der Waals surface area contributed by atoms with Gasteiger partial charge >= 0.3 is 5.25 Å². The van der Waals surface area contributed by atoms with Crippen LogP contribution >= 0.6 is 11.6 Å². The summed E-state index contributed by atoms with van der Waals surface area (Å²) in [6.45, 7) is 2.86. The molecule has 0 bridgehead atoms. The molecule has 32 heavy (non-hydrogen) atoms. The lowest BCUT2D eigenvalue weighted by molar-refractivity contribution is 0.114. The molecule has 0 aliphatic heterocycles. The Bertz CT molecular complexity index is 1360. The summed E-state index contributed by atoms with van der Waals surface area (Å²) in [7, 11) is -4.76. The topological polar surface area (TPSA) is 90.9 Å². The van der Waals surface area contributed by atoms with Crippen LogP contribution in [0.15, 0.2) is 64.3 Å². The highest BCUT2D eigenvalue weighted by Crippen LogP contribution is 2.30. The Morgan fingerprint density at radius 1 is 1.12 bits per heavy atom. The predicted octanol–water partition coefficient (Wildman–Crippen LogP) is 5.00. The summed E-state index contributed by atoms with van der Waals surface area (Å²) in [4.78, 5) is 7.94. The fourth-order valence-corrected chi connectivity index (χ4v) is 4.07. The molecule has 4 aromatic rings. The van der Waals surface area contributed by atoms with Gasteiger partial charge in [0.25, 0.3) is 5.89 Å². The van der Waals surface area contributed by atoms with Gasteiger partial charge in [0.2, 0.25) is 15.7 Å². The SMILES string of the molecule is Cc1cc(-c2nc(-c3ccc(S(=O)(=O)C(C)(F)F)cc3)no2)cn1Cc1ccc(Cl)nc1. The standard InChI is InChI=1S/C21H17ClF2N4O3S/c1-13-9-16(12-28(13)11-14-3-8-18(22)25-10-14)20-26-19(27-31-20)15-4-6-17(7-5-15)32(29,30)21(2,23)24/h3-10,12H,11H2,1-2H3. The van der Waals surface area contributed by atoms with E-state index in [1.165, 1.54) is 12.1 Å². The van der Waals surface area contributed by atoms with E-state index in [4.69, 9.17) is 16.1 Å². The number of hydrogen-bond donors (Lipinski definition) is 0. The van der Waals surface area contributed by atoms with Crippen molar-refractivity contribution in [3.05, 3.63) is 71.3 Å². The molecule has 0 aliphatic rings. The smallest absolute Gasteiger partial charge is 0.346 e. The van der Waals surface area contributed by atoms with Crippen LogP contribution in [-0.4, -0.2) is 33.4 Å². The number of aromatic nitrogens is 4. The first-order valence-electron chi connectivity index (χ1n) is 9.39. The van der Waals surface area contributed by atoms with E-state index in [1.54, 1.807) is 12.3 Å². The summed E-state index contributed by atoms with van der Waals surface area (Å²) in [5.41, 5.74) is 3.07. The van der Waals surface area contributed by atoms with Crippen LogP contribution in [0.25, 0.3) is 22.8 Å². The summed E-state index contributed by atoms with van der Waals surface area (Å²) in [5, 5.41) is 0.467. The van der Waals surface area contributed by atoms with E-state index in [0.29, 0.717) is 29.7 Å². The maximum atomic E-state index is 13.4. The molecule has 0 saturated heterocycles. The number of benzene rings is 1. The number of nitrogens with zero attached hydrogens (tertiary/aromatic N) is 4. The molecule has 1 aromatic carbocycles. The van der Waals surface area contributed by atoms with E-state index >= 15 is 0 Å². The van der Waals surface area contributed by atoms with Crippen molar-refractivity contribution in [2.24, 2.45) is 0 Å². The van der Waals surface area contributed by atoms with Crippen molar-refractivity contribution in [3.8, 4) is 22.8 Å². The molecule has 7 nitrogen and oxygen atoms in total. The van der Waals surface area contributed by atoms with Crippen molar-refractivity contribution in [2.75, 3.05) is 0 Å². The number of sulfone groups is 1. The monoisotopic (exact) mass is 478 g/mol. The summed E-state index contributed by atoms with van der Waals surface area (Å²) < 4.78 is 57.8. The van der Waals surface area contributed by atoms with Crippen molar-refractivity contribution in [2.45, 2.75) is 30.5 Å². The highest BCUT2D eigenvalue weighted by atomic mass is 35.5. The van der Waals surface area contributed by atoms with Crippen molar-refractivity contribution in [1.82, 2.24) is 19.7 Å². The number of rotatable bonds is 6. The Hall–Kier alpha value is -3.11. The average Bonchev–Trinajstić information content (AvgIpc) is 3.36. The lowest BCUT2D eigenvalue weighted by Crippen LogP contribution is -2.24. The summed E-state index contributed by atoms with van der Waals surface area (Å²) in [6, 6.07) is 10.4. The second-order valence-electron chi connectivity index (χ2n) is 7.25. The molecule has 0 spiro atoms. The summed E-state index contributed by atoms with van der Waals surface area (Å²) >= 11 is 5.83. The highest BCUT2D eigenvalue weighted by molar-refractivity contribution is 7.92. The van der Waals surface area contributed by atoms with E-state index < -0.39 is 20.0 Å². The normalized spacial score (nSPS) is 12.3. The minimum Gasteiger partial charge on any atom is -0.346 e. The van der Waals surface area contributed by atoms with Crippen molar-refractivity contribution < 1.29 is 21.7 Å². The minimum absolute atomic E-state index is 0.208. The molecule has 0 fully saturated rings. The number of halogens is 3. The van der Waals surface area contributed by atoms with Gasteiger partial charge in [0, 0.05) is 37.1 Å². The van der Waals surface area contributed by atoms with Gasteiger partial charge in [-0.25, -0.2) is 13.4 Å². The molecule has 11 heteroatoms. The summed E-state index contributed by atoms with van der Waals surface area (Å²) in [6.07, 6.45) is 3.56. The van der Waals surface area contributed by atoms with E-state index in [-0.39, 0.29) is 11.7 Å². The van der Waals surface area contributed by atoms with Gasteiger partial charge in [0.1, 0.15) is 5.15 Å². The van der Waals surface area contributed by atoms with Crippen molar-refractivity contribution in [3.63, 3.8) is 0 Å². The molecular formula is C21H17ClF2N4O3S. The zero-order valence-electron chi connectivity index (χ0n) is 17.0. The quantitative estimate of drug-likeness (QED) is 0.362. The van der Waals surface area contributed by atoms with E-state index in [0.717, 1.165) is 23.4 Å². The predicted molar refractivity (Wildman–Crippen MR) is 114 cm³/mol. The van der Waals surface area contributed by atoms with Crippen LogP contribution in [0, 0.1) is 6.92 Å². The Balaban J connectivity index is 1.56. The molecule has 166 valence electrons. The zero-order chi connectivity index (χ0) is 23.1. The maximum absolute atomic E-state index is 13.4. The Morgan fingerprint density at radius 2 is 1.84 bits per heavy atom. The molecular weight excluding hydrogens is 462 g/mol. The third-order valence-corrected chi connectivity index (χ3v) is 6.88. The number of alkyl halides is 2. The lowest BCUT2D eigenvalue weighted by Gasteiger charge is -2.11. The second kappa shape index (κ2) is 8.10. The fraction of sp³-hybridized carbons (Fsp3) is 0.190. The molecule has 0 atom stereocenters. The molecule has 3 aromatic heterocycles. The van der Waals surface area contributed by atoms with Gasteiger partial charge < -0.3 is 9.09 Å². The molecule has 4 rings (SSSR count). The molecule has 0 unspecified atom stereocenters. The van der Waals surface area contributed by atoms with Gasteiger partial charge in [-0.05, 0) is 48.9 Å². The van der Waals surface area contributed by atoms with Crippen LogP contribution in [0.5, 0.6) is 0 Å². The minimum atomic E-state index is -4.76. The third kappa shape index (κ3) is 4.28. The Labute approximate surface area is 187 Å². The van der Waals surface area contributed by atoms with Crippen LogP contribution < -0.4 is 0 Å². The third-order valence-electron chi connectivity index (χ3n) is 4.82.